The number of nitrogens with zero attached hydrogens (tertiary/aromatic N) is 5. The number of hydrogen-bond donors (Lipinski definition) is 1. The van der Waals surface area contributed by atoms with E-state index in [0.29, 0.717) is 37.3 Å². The van der Waals surface area contributed by atoms with Crippen LogP contribution in [0.3, 0.4) is 0 Å². The Morgan fingerprint density at radius 2 is 1.92 bits per heavy atom. The van der Waals surface area contributed by atoms with Crippen molar-refractivity contribution >= 4 is 23.5 Å². The van der Waals surface area contributed by atoms with E-state index in [-0.39, 0.29) is 6.09 Å². The summed E-state index contributed by atoms with van der Waals surface area (Å²) in [7, 11) is 2.07. The molecule has 1 fully saturated rings. The zero-order chi connectivity index (χ0) is 26.0. The Hall–Kier alpha value is -3.66. The largest absolute Gasteiger partial charge is 0.444 e. The topological polar surface area (TPSA) is 106 Å². The van der Waals surface area contributed by atoms with Crippen molar-refractivity contribution in [3.63, 3.8) is 0 Å². The summed E-state index contributed by atoms with van der Waals surface area (Å²) in [6.07, 6.45) is 5.28. The van der Waals surface area contributed by atoms with Crippen molar-refractivity contribution in [3.05, 3.63) is 48.1 Å². The van der Waals surface area contributed by atoms with E-state index < -0.39 is 5.60 Å². The number of hydrogen-bond acceptors (Lipinski definition) is 9. The van der Waals surface area contributed by atoms with E-state index in [1.165, 1.54) is 6.39 Å². The average Bonchev–Trinajstić information content (AvgIpc) is 3.43. The minimum atomic E-state index is -0.549. The maximum atomic E-state index is 12.8. The number of amides is 1. The fourth-order valence-corrected chi connectivity index (χ4v) is 4.68. The second-order valence-corrected chi connectivity index (χ2v) is 10.5. The predicted octanol–water partition coefficient (Wildman–Crippen LogP) is 4.78. The van der Waals surface area contributed by atoms with Crippen LogP contribution < -0.4 is 10.2 Å². The van der Waals surface area contributed by atoms with Gasteiger partial charge in [0.05, 0.1) is 18.4 Å². The Labute approximate surface area is 217 Å². The molecule has 1 N–H and O–H groups in total. The van der Waals surface area contributed by atoms with Crippen molar-refractivity contribution < 1.29 is 18.7 Å². The molecule has 196 valence electrons. The summed E-state index contributed by atoms with van der Waals surface area (Å²) < 4.78 is 16.6. The Kier molecular flexibility index (Phi) is 7.01. The molecule has 4 heterocycles. The molecule has 10 heteroatoms. The van der Waals surface area contributed by atoms with Crippen LogP contribution in [0.1, 0.15) is 44.9 Å². The number of ether oxygens (including phenoxy) is 2. The molecule has 1 saturated heterocycles. The Morgan fingerprint density at radius 1 is 1.16 bits per heavy atom. The molecule has 5 rings (SSSR count). The van der Waals surface area contributed by atoms with E-state index in [2.05, 4.69) is 22.2 Å². The standard InChI is InChI=1S/C27H34N6O4/c1-27(2,3)37-26(34)33-12-9-22-21(16-33)24(32(4)20-10-13-35-14-11-20)31-25(30-22)29-19-7-5-18(6-8-19)23-15-28-17-36-23/h5-8,15,17,20H,9-14,16H2,1-4H3,(H,29,30,31). The zero-order valence-electron chi connectivity index (χ0n) is 21.9. The molecule has 1 aromatic carbocycles. The lowest BCUT2D eigenvalue weighted by Gasteiger charge is -2.36. The molecule has 0 atom stereocenters. The smallest absolute Gasteiger partial charge is 0.410 e. The van der Waals surface area contributed by atoms with E-state index in [0.717, 1.165) is 54.4 Å². The first-order chi connectivity index (χ1) is 17.8. The molecule has 0 saturated carbocycles. The number of carbonyl (C=O) groups is 1. The third-order valence-corrected chi connectivity index (χ3v) is 6.62. The lowest BCUT2D eigenvalue weighted by molar-refractivity contribution is 0.0223. The molecule has 37 heavy (non-hydrogen) atoms. The minimum absolute atomic E-state index is 0.304. The van der Waals surface area contributed by atoms with E-state index in [1.54, 1.807) is 11.1 Å². The van der Waals surface area contributed by atoms with Gasteiger partial charge in [0.25, 0.3) is 0 Å². The normalized spacial score (nSPS) is 16.3. The van der Waals surface area contributed by atoms with Gasteiger partial charge in [0.2, 0.25) is 5.95 Å². The fraction of sp³-hybridized carbons (Fsp3) is 0.481. The van der Waals surface area contributed by atoms with Gasteiger partial charge in [-0.1, -0.05) is 0 Å². The number of anilines is 3. The summed E-state index contributed by atoms with van der Waals surface area (Å²) in [5.74, 6) is 2.09. The molecule has 0 spiro atoms. The first-order valence-electron chi connectivity index (χ1n) is 12.7. The third-order valence-electron chi connectivity index (χ3n) is 6.62. The van der Waals surface area contributed by atoms with Crippen LogP contribution >= 0.6 is 0 Å². The highest BCUT2D eigenvalue weighted by atomic mass is 16.6. The van der Waals surface area contributed by atoms with Crippen molar-refractivity contribution in [2.24, 2.45) is 0 Å². The van der Waals surface area contributed by atoms with Crippen LogP contribution in [0.4, 0.5) is 22.2 Å². The number of nitrogens with one attached hydrogen (secondary N) is 1. The van der Waals surface area contributed by atoms with Crippen molar-refractivity contribution in [1.82, 2.24) is 19.9 Å². The number of rotatable bonds is 5. The van der Waals surface area contributed by atoms with Crippen LogP contribution in [0.25, 0.3) is 11.3 Å². The summed E-state index contributed by atoms with van der Waals surface area (Å²) in [6.45, 7) is 8.07. The van der Waals surface area contributed by atoms with Crippen LogP contribution in [0.15, 0.2) is 41.3 Å². The molecule has 2 aliphatic heterocycles. The van der Waals surface area contributed by atoms with Gasteiger partial charge in [0, 0.05) is 56.1 Å². The molecule has 2 aromatic heterocycles. The second kappa shape index (κ2) is 10.4. The quantitative estimate of drug-likeness (QED) is 0.523. The van der Waals surface area contributed by atoms with Crippen molar-refractivity contribution in [2.75, 3.05) is 37.0 Å². The maximum absolute atomic E-state index is 12.8. The molecular formula is C27H34N6O4. The number of aromatic nitrogens is 3. The van der Waals surface area contributed by atoms with Crippen LogP contribution in [0.5, 0.6) is 0 Å². The van der Waals surface area contributed by atoms with Crippen molar-refractivity contribution in [3.8, 4) is 11.3 Å². The highest BCUT2D eigenvalue weighted by Gasteiger charge is 2.31. The van der Waals surface area contributed by atoms with E-state index >= 15 is 0 Å². The maximum Gasteiger partial charge on any atom is 0.410 e. The Bertz CT molecular complexity index is 1220. The molecule has 0 radical (unpaired) electrons. The van der Waals surface area contributed by atoms with Gasteiger partial charge in [-0.3, -0.25) is 0 Å². The van der Waals surface area contributed by atoms with Gasteiger partial charge in [-0.25, -0.2) is 14.8 Å². The molecule has 10 nitrogen and oxygen atoms in total. The molecule has 0 bridgehead atoms. The van der Waals surface area contributed by atoms with Gasteiger partial charge in [-0.2, -0.15) is 4.98 Å². The third kappa shape index (κ3) is 5.85. The Balaban J connectivity index is 1.42. The first-order valence-corrected chi connectivity index (χ1v) is 12.7. The molecule has 0 aliphatic carbocycles. The summed E-state index contributed by atoms with van der Waals surface area (Å²) in [5, 5.41) is 3.36. The van der Waals surface area contributed by atoms with Crippen LogP contribution in [0, 0.1) is 0 Å². The highest BCUT2D eigenvalue weighted by molar-refractivity contribution is 5.70. The number of carbonyl (C=O) groups excluding carboxylic acids is 1. The number of fused-ring (bicyclic) bond motifs is 1. The van der Waals surface area contributed by atoms with Gasteiger partial charge in [-0.05, 0) is 57.9 Å². The van der Waals surface area contributed by atoms with Crippen molar-refractivity contribution in [1.29, 1.82) is 0 Å². The van der Waals surface area contributed by atoms with E-state index in [4.69, 9.17) is 23.9 Å². The average molecular weight is 507 g/mol. The van der Waals surface area contributed by atoms with E-state index in [1.807, 2.05) is 45.0 Å². The monoisotopic (exact) mass is 506 g/mol. The SMILES string of the molecule is CN(c1nc(Nc2ccc(-c3cnco3)cc2)nc2c1CN(C(=O)OC(C)(C)C)CC2)C1CCOCC1. The second-order valence-electron chi connectivity index (χ2n) is 10.5. The van der Waals surface area contributed by atoms with Crippen molar-refractivity contribution in [2.45, 2.75) is 58.2 Å². The summed E-state index contributed by atoms with van der Waals surface area (Å²) in [5.41, 5.74) is 3.18. The molecule has 1 amide bonds. The van der Waals surface area contributed by atoms with Crippen LogP contribution in [0.2, 0.25) is 0 Å². The summed E-state index contributed by atoms with van der Waals surface area (Å²) in [6, 6.07) is 8.17. The Morgan fingerprint density at radius 3 is 2.59 bits per heavy atom. The van der Waals surface area contributed by atoms with Gasteiger partial charge < -0.3 is 29.0 Å². The van der Waals surface area contributed by atoms with Crippen LogP contribution in [-0.2, 0) is 22.4 Å². The highest BCUT2D eigenvalue weighted by Crippen LogP contribution is 2.32. The van der Waals surface area contributed by atoms with Crippen LogP contribution in [-0.4, -0.2) is 64.4 Å². The fourth-order valence-electron chi connectivity index (χ4n) is 4.68. The van der Waals surface area contributed by atoms with Gasteiger partial charge >= 0.3 is 6.09 Å². The van der Waals surface area contributed by atoms with Gasteiger partial charge in [-0.15, -0.1) is 0 Å². The molecule has 2 aliphatic rings. The lowest BCUT2D eigenvalue weighted by atomic mass is 10.0. The molecule has 0 unspecified atom stereocenters. The predicted molar refractivity (Wildman–Crippen MR) is 140 cm³/mol. The molecular weight excluding hydrogens is 472 g/mol. The van der Waals surface area contributed by atoms with E-state index in [9.17, 15) is 4.79 Å². The van der Waals surface area contributed by atoms with Gasteiger partial charge in [0.15, 0.2) is 12.2 Å². The van der Waals surface area contributed by atoms with Gasteiger partial charge in [0.1, 0.15) is 11.4 Å². The first kappa shape index (κ1) is 25.0. The summed E-state index contributed by atoms with van der Waals surface area (Å²) >= 11 is 0. The number of benzene rings is 1. The zero-order valence-corrected chi connectivity index (χ0v) is 21.9. The lowest BCUT2D eigenvalue weighted by Crippen LogP contribution is -2.42. The minimum Gasteiger partial charge on any atom is -0.444 e. The summed E-state index contributed by atoms with van der Waals surface area (Å²) in [4.78, 5) is 30.6. The molecule has 3 aromatic rings. The number of oxazole rings is 1.